The second-order valence-electron chi connectivity index (χ2n) is 8.41. The quantitative estimate of drug-likeness (QED) is 0.741. The average Bonchev–Trinajstić information content (AvgIpc) is 3.06. The number of hydrogen-bond acceptors (Lipinski definition) is 2. The topological polar surface area (TPSA) is 58.2 Å². The zero-order chi connectivity index (χ0) is 19.1. The molecule has 27 heavy (non-hydrogen) atoms. The molecule has 0 radical (unpaired) electrons. The third-order valence-electron chi connectivity index (χ3n) is 5.98. The van der Waals surface area contributed by atoms with Gasteiger partial charge in [0, 0.05) is 23.2 Å². The van der Waals surface area contributed by atoms with Crippen LogP contribution in [0.3, 0.4) is 0 Å². The lowest BCUT2D eigenvalue weighted by atomic mass is 10.0. The van der Waals surface area contributed by atoms with E-state index in [-0.39, 0.29) is 23.9 Å². The van der Waals surface area contributed by atoms with Crippen LogP contribution in [-0.2, 0) is 0 Å². The maximum Gasteiger partial charge on any atom is 0.251 e. The molecule has 2 N–H and O–H groups in total. The maximum absolute atomic E-state index is 12.7. The van der Waals surface area contributed by atoms with Crippen molar-refractivity contribution in [3.63, 3.8) is 0 Å². The Labute approximate surface area is 163 Å². The first-order valence-electron chi connectivity index (χ1n) is 10.9. The highest BCUT2D eigenvalue weighted by Crippen LogP contribution is 2.20. The van der Waals surface area contributed by atoms with Crippen molar-refractivity contribution in [2.75, 3.05) is 0 Å². The van der Waals surface area contributed by atoms with Gasteiger partial charge in [-0.1, -0.05) is 51.4 Å². The van der Waals surface area contributed by atoms with Gasteiger partial charge in [-0.05, 0) is 56.4 Å². The van der Waals surface area contributed by atoms with Crippen LogP contribution in [0.5, 0.6) is 0 Å². The van der Waals surface area contributed by atoms with E-state index in [0.717, 1.165) is 31.2 Å². The van der Waals surface area contributed by atoms with Crippen LogP contribution in [0.15, 0.2) is 18.2 Å². The Bertz CT molecular complexity index is 588. The van der Waals surface area contributed by atoms with Crippen molar-refractivity contribution in [1.82, 2.24) is 10.6 Å². The smallest absolute Gasteiger partial charge is 0.251 e. The third-order valence-corrected chi connectivity index (χ3v) is 5.98. The number of nitrogens with one attached hydrogen (secondary N) is 2. The monoisotopic (exact) mass is 370 g/mol. The van der Waals surface area contributed by atoms with Crippen LogP contribution >= 0.6 is 0 Å². The molecule has 1 aromatic carbocycles. The molecule has 4 nitrogen and oxygen atoms in total. The second-order valence-corrected chi connectivity index (χ2v) is 8.41. The summed E-state index contributed by atoms with van der Waals surface area (Å²) in [6.07, 6.45) is 14.1. The van der Waals surface area contributed by atoms with E-state index in [2.05, 4.69) is 10.6 Å². The van der Waals surface area contributed by atoms with E-state index in [1.807, 2.05) is 19.1 Å². The van der Waals surface area contributed by atoms with Crippen molar-refractivity contribution in [1.29, 1.82) is 0 Å². The van der Waals surface area contributed by atoms with Crippen LogP contribution in [0, 0.1) is 6.92 Å². The zero-order valence-corrected chi connectivity index (χ0v) is 16.7. The number of hydrogen-bond donors (Lipinski definition) is 2. The summed E-state index contributed by atoms with van der Waals surface area (Å²) >= 11 is 0. The highest BCUT2D eigenvalue weighted by molar-refractivity contribution is 6.00. The maximum atomic E-state index is 12.7. The summed E-state index contributed by atoms with van der Waals surface area (Å²) in [5.74, 6) is -0.0942. The third kappa shape index (κ3) is 6.08. The number of aryl methyl sites for hydroxylation is 1. The second kappa shape index (κ2) is 9.91. The van der Waals surface area contributed by atoms with E-state index >= 15 is 0 Å². The lowest BCUT2D eigenvalue weighted by Gasteiger charge is -2.18. The van der Waals surface area contributed by atoms with Gasteiger partial charge in [-0.2, -0.15) is 0 Å². The summed E-state index contributed by atoms with van der Waals surface area (Å²) in [6, 6.07) is 6.06. The standard InChI is InChI=1S/C23H34N2O2/c1-17-14-18(22(26)24-20-10-6-2-3-7-11-20)16-19(15-17)23(27)25-21-12-8-4-5-9-13-21/h14-16,20-21H,2-13H2,1H3,(H,24,26)(H,25,27). The van der Waals surface area contributed by atoms with Crippen molar-refractivity contribution in [2.45, 2.75) is 96.1 Å². The van der Waals surface area contributed by atoms with Crippen LogP contribution < -0.4 is 10.6 Å². The summed E-state index contributed by atoms with van der Waals surface area (Å²) in [6.45, 7) is 1.95. The van der Waals surface area contributed by atoms with Crippen LogP contribution in [-0.4, -0.2) is 23.9 Å². The molecule has 1 aromatic rings. The van der Waals surface area contributed by atoms with E-state index in [1.54, 1.807) is 6.07 Å². The lowest BCUT2D eigenvalue weighted by molar-refractivity contribution is 0.0932. The van der Waals surface area contributed by atoms with Crippen LogP contribution in [0.2, 0.25) is 0 Å². The Balaban J connectivity index is 1.65. The minimum Gasteiger partial charge on any atom is -0.349 e. The molecule has 0 atom stereocenters. The highest BCUT2D eigenvalue weighted by atomic mass is 16.2. The summed E-state index contributed by atoms with van der Waals surface area (Å²) in [7, 11) is 0. The molecule has 0 aromatic heterocycles. The molecular formula is C23H34N2O2. The molecule has 2 aliphatic carbocycles. The number of amides is 2. The van der Waals surface area contributed by atoms with Gasteiger partial charge in [-0.3, -0.25) is 9.59 Å². The molecule has 2 amide bonds. The van der Waals surface area contributed by atoms with Gasteiger partial charge in [0.2, 0.25) is 0 Å². The van der Waals surface area contributed by atoms with Crippen LogP contribution in [0.25, 0.3) is 0 Å². The largest absolute Gasteiger partial charge is 0.349 e. The SMILES string of the molecule is Cc1cc(C(=O)NC2CCCCCC2)cc(C(=O)NC2CCCCCC2)c1. The molecule has 148 valence electrons. The molecule has 0 aliphatic heterocycles. The Morgan fingerprint density at radius 3 is 1.41 bits per heavy atom. The molecule has 0 heterocycles. The first kappa shape index (κ1) is 19.9. The van der Waals surface area contributed by atoms with Crippen molar-refractivity contribution >= 4 is 11.8 Å². The average molecular weight is 371 g/mol. The molecule has 2 aliphatic rings. The molecule has 0 spiro atoms. The van der Waals surface area contributed by atoms with E-state index in [4.69, 9.17) is 0 Å². The van der Waals surface area contributed by atoms with Gasteiger partial charge in [0.05, 0.1) is 0 Å². The van der Waals surface area contributed by atoms with Crippen LogP contribution in [0.1, 0.15) is 103 Å². The van der Waals surface area contributed by atoms with E-state index in [1.165, 1.54) is 51.4 Å². The van der Waals surface area contributed by atoms with Crippen LogP contribution in [0.4, 0.5) is 0 Å². The van der Waals surface area contributed by atoms with E-state index < -0.39 is 0 Å². The number of benzene rings is 1. The van der Waals surface area contributed by atoms with Crippen molar-refractivity contribution in [2.24, 2.45) is 0 Å². The molecule has 2 fully saturated rings. The normalized spacial score (nSPS) is 19.7. The van der Waals surface area contributed by atoms with Crippen molar-refractivity contribution < 1.29 is 9.59 Å². The molecule has 3 rings (SSSR count). The van der Waals surface area contributed by atoms with Crippen molar-refractivity contribution in [3.05, 3.63) is 34.9 Å². The molecule has 0 bridgehead atoms. The Hall–Kier alpha value is -1.84. The fraction of sp³-hybridized carbons (Fsp3) is 0.652. The van der Waals surface area contributed by atoms with Gasteiger partial charge >= 0.3 is 0 Å². The van der Waals surface area contributed by atoms with Gasteiger partial charge in [-0.25, -0.2) is 0 Å². The highest BCUT2D eigenvalue weighted by Gasteiger charge is 2.19. The predicted octanol–water partition coefficient (Wildman–Crippen LogP) is 4.90. The van der Waals surface area contributed by atoms with Crippen molar-refractivity contribution in [3.8, 4) is 0 Å². The summed E-state index contributed by atoms with van der Waals surface area (Å²) in [5, 5.41) is 6.38. The Morgan fingerprint density at radius 1 is 0.667 bits per heavy atom. The predicted molar refractivity (Wildman–Crippen MR) is 109 cm³/mol. The molecule has 2 saturated carbocycles. The molecule has 0 unspecified atom stereocenters. The summed E-state index contributed by atoms with van der Waals surface area (Å²) < 4.78 is 0. The molecule has 0 saturated heterocycles. The molecular weight excluding hydrogens is 336 g/mol. The van der Waals surface area contributed by atoms with Gasteiger partial charge in [0.15, 0.2) is 0 Å². The first-order chi connectivity index (χ1) is 13.1. The minimum absolute atomic E-state index is 0.0471. The van der Waals surface area contributed by atoms with Gasteiger partial charge in [-0.15, -0.1) is 0 Å². The number of rotatable bonds is 4. The molecule has 4 heteroatoms. The zero-order valence-electron chi connectivity index (χ0n) is 16.7. The lowest BCUT2D eigenvalue weighted by Crippen LogP contribution is -2.36. The summed E-state index contributed by atoms with van der Waals surface area (Å²) in [4.78, 5) is 25.5. The Kier molecular flexibility index (Phi) is 7.31. The summed E-state index contributed by atoms with van der Waals surface area (Å²) in [5.41, 5.74) is 2.16. The fourth-order valence-electron chi connectivity index (χ4n) is 4.43. The van der Waals surface area contributed by atoms with Gasteiger partial charge in [0.25, 0.3) is 11.8 Å². The van der Waals surface area contributed by atoms with E-state index in [0.29, 0.717) is 11.1 Å². The van der Waals surface area contributed by atoms with Gasteiger partial charge in [0.1, 0.15) is 0 Å². The van der Waals surface area contributed by atoms with E-state index in [9.17, 15) is 9.59 Å². The number of carbonyl (C=O) groups is 2. The number of carbonyl (C=O) groups excluding carboxylic acids is 2. The fourth-order valence-corrected chi connectivity index (χ4v) is 4.43. The Morgan fingerprint density at radius 2 is 1.04 bits per heavy atom. The minimum atomic E-state index is -0.0471. The first-order valence-corrected chi connectivity index (χ1v) is 10.9. The van der Waals surface area contributed by atoms with Gasteiger partial charge < -0.3 is 10.6 Å².